The summed E-state index contributed by atoms with van der Waals surface area (Å²) in [4.78, 5) is 0. The maximum atomic E-state index is 5.83. The number of ether oxygens (including phenoxy) is 1. The Labute approximate surface area is 131 Å². The Balaban J connectivity index is 1.71. The maximum absolute atomic E-state index is 5.83. The van der Waals surface area contributed by atoms with Gasteiger partial charge in [-0.25, -0.2) is 0 Å². The highest BCUT2D eigenvalue weighted by Gasteiger charge is 2.03. The van der Waals surface area contributed by atoms with E-state index >= 15 is 0 Å². The summed E-state index contributed by atoms with van der Waals surface area (Å²) >= 11 is 0. The molecule has 0 saturated carbocycles. The highest BCUT2D eigenvalue weighted by molar-refractivity contribution is 5.70. The van der Waals surface area contributed by atoms with Crippen LogP contribution in [0, 0.1) is 0 Å². The summed E-state index contributed by atoms with van der Waals surface area (Å²) in [6, 6.07) is 28.7. The second-order valence-electron chi connectivity index (χ2n) is 5.04. The lowest BCUT2D eigenvalue weighted by Crippen LogP contribution is -1.87. The quantitative estimate of drug-likeness (QED) is 0.564. The van der Waals surface area contributed by atoms with Crippen molar-refractivity contribution >= 4 is 0 Å². The molecule has 0 aliphatic carbocycles. The summed E-state index contributed by atoms with van der Waals surface area (Å²) in [6.07, 6.45) is 4.68. The Kier molecular flexibility index (Phi) is 4.68. The third-order valence-corrected chi connectivity index (χ3v) is 3.46. The van der Waals surface area contributed by atoms with Crippen molar-refractivity contribution in [2.75, 3.05) is 0 Å². The van der Waals surface area contributed by atoms with Gasteiger partial charge in [0.15, 0.2) is 0 Å². The molecule has 0 aliphatic heterocycles. The molecule has 108 valence electrons. The van der Waals surface area contributed by atoms with E-state index in [1.807, 2.05) is 48.5 Å². The van der Waals surface area contributed by atoms with E-state index in [4.69, 9.17) is 4.74 Å². The molecule has 0 radical (unpaired) electrons. The molecule has 3 aromatic carbocycles. The number of allylic oxidation sites excluding steroid dienone is 1. The smallest absolute Gasteiger partial charge is 0.134 e. The van der Waals surface area contributed by atoms with Crippen LogP contribution in [0.1, 0.15) is 5.56 Å². The Morgan fingerprint density at radius 1 is 0.682 bits per heavy atom. The van der Waals surface area contributed by atoms with Gasteiger partial charge in [-0.3, -0.25) is 0 Å². The molecule has 0 bridgehead atoms. The molecule has 0 saturated heterocycles. The minimum atomic E-state index is 0.869. The van der Waals surface area contributed by atoms with Gasteiger partial charge in [0, 0.05) is 5.56 Å². The highest BCUT2D eigenvalue weighted by Crippen LogP contribution is 2.29. The van der Waals surface area contributed by atoms with Gasteiger partial charge in [-0.05, 0) is 29.7 Å². The Hall–Kier alpha value is -2.80. The van der Waals surface area contributed by atoms with Crippen molar-refractivity contribution in [2.24, 2.45) is 0 Å². The number of hydrogen-bond acceptors (Lipinski definition) is 1. The number of hydrogen-bond donors (Lipinski definition) is 0. The van der Waals surface area contributed by atoms with Crippen LogP contribution in [0.15, 0.2) is 97.3 Å². The fourth-order valence-electron chi connectivity index (χ4n) is 2.35. The van der Waals surface area contributed by atoms with E-state index in [0.717, 1.165) is 23.3 Å². The first kappa shape index (κ1) is 14.2. The van der Waals surface area contributed by atoms with Crippen LogP contribution >= 0.6 is 0 Å². The first-order chi connectivity index (χ1) is 10.9. The van der Waals surface area contributed by atoms with E-state index in [1.165, 1.54) is 5.56 Å². The van der Waals surface area contributed by atoms with Gasteiger partial charge in [0.05, 0.1) is 6.26 Å². The molecule has 0 heterocycles. The fourth-order valence-corrected chi connectivity index (χ4v) is 2.35. The van der Waals surface area contributed by atoms with E-state index in [9.17, 15) is 0 Å². The largest absolute Gasteiger partial charge is 0.465 e. The van der Waals surface area contributed by atoms with Crippen molar-refractivity contribution < 1.29 is 4.74 Å². The van der Waals surface area contributed by atoms with Gasteiger partial charge in [0.25, 0.3) is 0 Å². The molecule has 0 amide bonds. The SMILES string of the molecule is C(=COc1ccccc1-c1ccccc1)Cc1ccccc1. The Morgan fingerprint density at radius 3 is 2.09 bits per heavy atom. The van der Waals surface area contributed by atoms with Crippen LogP contribution in [-0.4, -0.2) is 0 Å². The first-order valence-corrected chi connectivity index (χ1v) is 7.43. The van der Waals surface area contributed by atoms with Crippen LogP contribution in [0.4, 0.5) is 0 Å². The molecular weight excluding hydrogens is 268 g/mol. The van der Waals surface area contributed by atoms with Crippen LogP contribution in [0.2, 0.25) is 0 Å². The molecule has 22 heavy (non-hydrogen) atoms. The zero-order valence-electron chi connectivity index (χ0n) is 12.4. The number of benzene rings is 3. The predicted octanol–water partition coefficient (Wildman–Crippen LogP) is 5.49. The monoisotopic (exact) mass is 286 g/mol. The van der Waals surface area contributed by atoms with Gasteiger partial charge in [-0.1, -0.05) is 78.9 Å². The molecule has 1 heteroatoms. The summed E-state index contributed by atoms with van der Waals surface area (Å²) in [5.74, 6) is 0.873. The molecule has 0 aromatic heterocycles. The van der Waals surface area contributed by atoms with Crippen molar-refractivity contribution in [1.82, 2.24) is 0 Å². The molecule has 3 rings (SSSR count). The Morgan fingerprint density at radius 2 is 1.32 bits per heavy atom. The molecule has 1 nitrogen and oxygen atoms in total. The summed E-state index contributed by atoms with van der Waals surface area (Å²) < 4.78 is 5.83. The van der Waals surface area contributed by atoms with Gasteiger partial charge >= 0.3 is 0 Å². The van der Waals surface area contributed by atoms with Crippen molar-refractivity contribution in [3.8, 4) is 16.9 Å². The molecule has 0 unspecified atom stereocenters. The van der Waals surface area contributed by atoms with Crippen molar-refractivity contribution in [2.45, 2.75) is 6.42 Å². The van der Waals surface area contributed by atoms with E-state index in [-0.39, 0.29) is 0 Å². The average molecular weight is 286 g/mol. The normalized spacial score (nSPS) is 10.7. The molecule has 3 aromatic rings. The lowest BCUT2D eigenvalue weighted by Gasteiger charge is -2.08. The van der Waals surface area contributed by atoms with Crippen LogP contribution in [0.3, 0.4) is 0 Å². The van der Waals surface area contributed by atoms with Gasteiger partial charge < -0.3 is 4.74 Å². The zero-order valence-corrected chi connectivity index (χ0v) is 12.4. The minimum Gasteiger partial charge on any atom is -0.465 e. The number of rotatable bonds is 5. The average Bonchev–Trinajstić information content (AvgIpc) is 2.61. The molecule has 0 fully saturated rings. The first-order valence-electron chi connectivity index (χ1n) is 7.43. The van der Waals surface area contributed by atoms with Crippen molar-refractivity contribution in [1.29, 1.82) is 0 Å². The van der Waals surface area contributed by atoms with Gasteiger partial charge in [0.2, 0.25) is 0 Å². The third kappa shape index (κ3) is 3.64. The van der Waals surface area contributed by atoms with Gasteiger partial charge in [0.1, 0.15) is 5.75 Å². The van der Waals surface area contributed by atoms with Gasteiger partial charge in [-0.2, -0.15) is 0 Å². The summed E-state index contributed by atoms with van der Waals surface area (Å²) in [6.45, 7) is 0. The highest BCUT2D eigenvalue weighted by atomic mass is 16.5. The minimum absolute atomic E-state index is 0.869. The van der Waals surface area contributed by atoms with Crippen molar-refractivity contribution in [3.05, 3.63) is 103 Å². The Bertz CT molecular complexity index is 730. The number of para-hydroxylation sites is 1. The molecule has 0 atom stereocenters. The second-order valence-corrected chi connectivity index (χ2v) is 5.04. The van der Waals surface area contributed by atoms with E-state index in [0.29, 0.717) is 0 Å². The van der Waals surface area contributed by atoms with E-state index < -0.39 is 0 Å². The molecule has 0 spiro atoms. The van der Waals surface area contributed by atoms with Crippen LogP contribution in [0.5, 0.6) is 5.75 Å². The molecule has 0 N–H and O–H groups in total. The summed E-state index contributed by atoms with van der Waals surface area (Å²) in [5.41, 5.74) is 3.54. The maximum Gasteiger partial charge on any atom is 0.134 e. The van der Waals surface area contributed by atoms with Crippen LogP contribution in [-0.2, 0) is 6.42 Å². The third-order valence-electron chi connectivity index (χ3n) is 3.46. The lowest BCUT2D eigenvalue weighted by molar-refractivity contribution is 0.481. The zero-order chi connectivity index (χ0) is 15.0. The lowest BCUT2D eigenvalue weighted by atomic mass is 10.1. The van der Waals surface area contributed by atoms with Gasteiger partial charge in [-0.15, -0.1) is 0 Å². The molecular formula is C21H18O. The van der Waals surface area contributed by atoms with E-state index in [1.54, 1.807) is 6.26 Å². The van der Waals surface area contributed by atoms with Crippen molar-refractivity contribution in [3.63, 3.8) is 0 Å². The summed E-state index contributed by atoms with van der Waals surface area (Å²) in [5, 5.41) is 0. The fraction of sp³-hybridized carbons (Fsp3) is 0.0476. The van der Waals surface area contributed by atoms with Crippen LogP contribution in [0.25, 0.3) is 11.1 Å². The van der Waals surface area contributed by atoms with Crippen LogP contribution < -0.4 is 4.74 Å². The molecule has 0 aliphatic rings. The predicted molar refractivity (Wildman–Crippen MR) is 91.8 cm³/mol. The van der Waals surface area contributed by atoms with E-state index in [2.05, 4.69) is 42.5 Å². The second kappa shape index (κ2) is 7.28. The standard InChI is InChI=1S/C21H18O/c1-3-10-18(11-4-1)12-9-17-22-21-16-8-7-15-20(21)19-13-5-2-6-14-19/h1-11,13-17H,12H2. The topological polar surface area (TPSA) is 9.23 Å². The summed E-state index contributed by atoms with van der Waals surface area (Å²) in [7, 11) is 0.